The van der Waals surface area contributed by atoms with E-state index in [-0.39, 0.29) is 21.8 Å². The minimum atomic E-state index is -4.95. The lowest BCUT2D eigenvalue weighted by Gasteiger charge is -2.36. The number of ether oxygens (including phenoxy) is 1. The second-order valence-corrected chi connectivity index (χ2v) is 11.3. The molecule has 0 spiro atoms. The molecule has 1 fully saturated rings. The van der Waals surface area contributed by atoms with Crippen LogP contribution in [0.3, 0.4) is 0 Å². The molecule has 9 nitrogen and oxygen atoms in total. The van der Waals surface area contributed by atoms with Crippen LogP contribution < -0.4 is 10.1 Å². The van der Waals surface area contributed by atoms with Gasteiger partial charge in [-0.3, -0.25) is 4.79 Å². The van der Waals surface area contributed by atoms with Crippen molar-refractivity contribution in [2.75, 3.05) is 11.6 Å². The second-order valence-electron chi connectivity index (χ2n) is 9.11. The summed E-state index contributed by atoms with van der Waals surface area (Å²) < 4.78 is 80.9. The van der Waals surface area contributed by atoms with E-state index in [1.54, 1.807) is 0 Å². The lowest BCUT2D eigenvalue weighted by Crippen LogP contribution is -2.35. The molecule has 1 unspecified atom stereocenters. The molecule has 1 amide bonds. The molecule has 0 radical (unpaired) electrons. The first-order valence-electron chi connectivity index (χ1n) is 11.3. The van der Waals surface area contributed by atoms with Crippen LogP contribution in [0.2, 0.25) is 0 Å². The number of nitrogens with zero attached hydrogens (tertiary/aromatic N) is 3. The Morgan fingerprint density at radius 1 is 1.21 bits per heavy atom. The highest BCUT2D eigenvalue weighted by atomic mass is 32.2. The third-order valence-electron chi connectivity index (χ3n) is 6.20. The number of hydrogen-bond donors (Lipinski definition) is 3. The Balaban J connectivity index is 1.76. The maximum Gasteiger partial charge on any atom is 0.435 e. The van der Waals surface area contributed by atoms with Gasteiger partial charge < -0.3 is 15.2 Å². The molecular weight excluding hydrogens is 530 g/mol. The topological polar surface area (TPSA) is 138 Å². The number of amides is 1. The number of carbonyl (C=O) groups excluding carboxylic acids is 1. The minimum absolute atomic E-state index is 0.0483. The fourth-order valence-electron chi connectivity index (χ4n) is 3.96. The first kappa shape index (κ1) is 27.4. The van der Waals surface area contributed by atoms with E-state index in [4.69, 9.17) is 9.52 Å². The first-order chi connectivity index (χ1) is 17.6. The number of benzene rings is 1. The van der Waals surface area contributed by atoms with Gasteiger partial charge >= 0.3 is 6.18 Å². The van der Waals surface area contributed by atoms with Crippen LogP contribution in [0.5, 0.6) is 11.6 Å². The van der Waals surface area contributed by atoms with Gasteiger partial charge in [0.05, 0.1) is 15.4 Å². The Labute approximate surface area is 215 Å². The van der Waals surface area contributed by atoms with Crippen molar-refractivity contribution in [3.8, 4) is 11.6 Å². The Morgan fingerprint density at radius 2 is 1.89 bits per heavy atom. The van der Waals surface area contributed by atoms with Crippen LogP contribution in [0, 0.1) is 24.6 Å². The predicted octanol–water partition coefficient (Wildman–Crippen LogP) is 5.10. The van der Waals surface area contributed by atoms with E-state index in [1.807, 2.05) is 0 Å². The molecule has 1 aromatic carbocycles. The van der Waals surface area contributed by atoms with Crippen LogP contribution >= 0.6 is 0 Å². The van der Waals surface area contributed by atoms with Crippen LogP contribution in [-0.2, 0) is 21.5 Å². The molecule has 1 atom stereocenters. The van der Waals surface area contributed by atoms with Crippen molar-refractivity contribution in [1.29, 1.82) is 4.78 Å². The third-order valence-corrected chi connectivity index (χ3v) is 7.35. The van der Waals surface area contributed by atoms with E-state index in [2.05, 4.69) is 20.5 Å². The van der Waals surface area contributed by atoms with Gasteiger partial charge in [0.25, 0.3) is 17.7 Å². The van der Waals surface area contributed by atoms with E-state index >= 15 is 0 Å². The lowest BCUT2D eigenvalue weighted by molar-refractivity contribution is -0.142. The number of aliphatic hydroxyl groups is 1. The summed E-state index contributed by atoms with van der Waals surface area (Å²) in [5.41, 5.74) is -3.69. The Morgan fingerprint density at radius 3 is 2.45 bits per heavy atom. The highest BCUT2D eigenvalue weighted by Gasteiger charge is 2.40. The molecule has 202 valence electrons. The standard InChI is InChI=1S/C24H23F4N5O4S/c1-12-10-16(23(35)8-5-9-23)31-20(25)18(12)37-22-17(13(2)19(32-33-22)24(26,27)28)21(34)30-14-6-4-7-15(11-14)38(3,29)36/h4,6-7,10-11,29,35H,5,8-9H2,1-3H3,(H,30,34). The van der Waals surface area contributed by atoms with E-state index in [9.17, 15) is 31.7 Å². The second kappa shape index (κ2) is 9.58. The lowest BCUT2D eigenvalue weighted by atomic mass is 9.77. The van der Waals surface area contributed by atoms with Crippen LogP contribution in [0.4, 0.5) is 23.2 Å². The Bertz CT molecular complexity index is 1520. The van der Waals surface area contributed by atoms with Crippen molar-refractivity contribution in [2.45, 2.75) is 49.8 Å². The van der Waals surface area contributed by atoms with Gasteiger partial charge in [-0.05, 0) is 68.5 Å². The van der Waals surface area contributed by atoms with E-state index < -0.39 is 61.8 Å². The summed E-state index contributed by atoms with van der Waals surface area (Å²) in [5, 5.41) is 19.5. The number of halogens is 4. The number of rotatable bonds is 6. The van der Waals surface area contributed by atoms with Crippen molar-refractivity contribution >= 4 is 21.3 Å². The normalized spacial score (nSPS) is 16.3. The summed E-state index contributed by atoms with van der Waals surface area (Å²) in [5.74, 6) is -3.44. The molecule has 2 aromatic heterocycles. The number of anilines is 1. The van der Waals surface area contributed by atoms with Crippen LogP contribution in [-0.4, -0.2) is 36.7 Å². The number of pyridine rings is 1. The fourth-order valence-corrected chi connectivity index (χ4v) is 4.65. The molecule has 1 aliphatic carbocycles. The number of carbonyl (C=O) groups is 1. The molecule has 0 bridgehead atoms. The quantitative estimate of drug-likeness (QED) is 0.285. The van der Waals surface area contributed by atoms with Crippen molar-refractivity contribution < 1.29 is 36.4 Å². The maximum absolute atomic E-state index is 15.0. The first-order valence-corrected chi connectivity index (χ1v) is 13.2. The summed E-state index contributed by atoms with van der Waals surface area (Å²) >= 11 is 0. The molecule has 4 rings (SSSR count). The van der Waals surface area contributed by atoms with Gasteiger partial charge in [0.1, 0.15) is 11.2 Å². The van der Waals surface area contributed by atoms with Gasteiger partial charge in [-0.2, -0.15) is 17.6 Å². The SMILES string of the molecule is Cc1cc(C2(O)CCC2)nc(F)c1Oc1nnc(C(F)(F)F)c(C)c1C(=O)Nc1cccc(S(C)(=N)=O)c1. The van der Waals surface area contributed by atoms with Gasteiger partial charge in [0.2, 0.25) is 0 Å². The van der Waals surface area contributed by atoms with Gasteiger partial charge in [0.15, 0.2) is 11.4 Å². The van der Waals surface area contributed by atoms with Crippen LogP contribution in [0.15, 0.2) is 35.2 Å². The fraction of sp³-hybridized carbons (Fsp3) is 0.333. The number of hydrogen-bond acceptors (Lipinski definition) is 8. The minimum Gasteiger partial charge on any atom is -0.432 e. The molecule has 0 saturated heterocycles. The van der Waals surface area contributed by atoms with Gasteiger partial charge in [-0.15, -0.1) is 10.2 Å². The molecule has 3 N–H and O–H groups in total. The smallest absolute Gasteiger partial charge is 0.432 e. The van der Waals surface area contributed by atoms with Crippen molar-refractivity contribution in [2.24, 2.45) is 0 Å². The summed E-state index contributed by atoms with van der Waals surface area (Å²) in [6.07, 6.45) is -2.23. The molecular formula is C24H23F4N5O4S. The molecule has 1 aliphatic rings. The highest BCUT2D eigenvalue weighted by Crippen LogP contribution is 2.42. The van der Waals surface area contributed by atoms with Gasteiger partial charge in [-0.1, -0.05) is 6.07 Å². The number of alkyl halides is 3. The largest absolute Gasteiger partial charge is 0.435 e. The molecule has 38 heavy (non-hydrogen) atoms. The Kier molecular flexibility index (Phi) is 6.91. The molecule has 1 saturated carbocycles. The molecule has 14 heteroatoms. The summed E-state index contributed by atoms with van der Waals surface area (Å²) in [6, 6.07) is 6.86. The zero-order valence-electron chi connectivity index (χ0n) is 20.4. The monoisotopic (exact) mass is 553 g/mol. The average Bonchev–Trinajstić information content (AvgIpc) is 2.78. The van der Waals surface area contributed by atoms with E-state index in [0.29, 0.717) is 12.8 Å². The highest BCUT2D eigenvalue weighted by molar-refractivity contribution is 7.91. The number of aromatic nitrogens is 3. The van der Waals surface area contributed by atoms with Gasteiger partial charge in [-0.25, -0.2) is 14.0 Å². The third kappa shape index (κ3) is 5.31. The van der Waals surface area contributed by atoms with Crippen molar-refractivity contribution in [1.82, 2.24) is 15.2 Å². The molecule has 3 aromatic rings. The number of nitrogens with one attached hydrogen (secondary N) is 2. The van der Waals surface area contributed by atoms with Crippen LogP contribution in [0.25, 0.3) is 0 Å². The number of aryl methyl sites for hydroxylation is 1. The predicted molar refractivity (Wildman–Crippen MR) is 128 cm³/mol. The van der Waals surface area contributed by atoms with Gasteiger partial charge in [0, 0.05) is 16.8 Å². The van der Waals surface area contributed by atoms with E-state index in [0.717, 1.165) is 13.3 Å². The van der Waals surface area contributed by atoms with Crippen molar-refractivity contribution in [3.05, 3.63) is 64.4 Å². The summed E-state index contributed by atoms with van der Waals surface area (Å²) in [7, 11) is -3.14. The zero-order valence-corrected chi connectivity index (χ0v) is 21.3. The molecule has 2 heterocycles. The summed E-state index contributed by atoms with van der Waals surface area (Å²) in [6.45, 7) is 2.44. The Hall–Kier alpha value is -3.65. The van der Waals surface area contributed by atoms with Crippen molar-refractivity contribution in [3.63, 3.8) is 0 Å². The average molecular weight is 554 g/mol. The van der Waals surface area contributed by atoms with Crippen LogP contribution in [0.1, 0.15) is 52.1 Å². The summed E-state index contributed by atoms with van der Waals surface area (Å²) in [4.78, 5) is 17.1. The zero-order chi connectivity index (χ0) is 28.0. The van der Waals surface area contributed by atoms with E-state index in [1.165, 1.54) is 43.5 Å². The molecule has 0 aliphatic heterocycles. The maximum atomic E-state index is 15.0.